The van der Waals surface area contributed by atoms with Crippen molar-refractivity contribution in [2.45, 2.75) is 23.0 Å². The molecule has 0 saturated heterocycles. The van der Waals surface area contributed by atoms with Gasteiger partial charge < -0.3 is 9.05 Å². The fraction of sp³-hybridized carbons (Fsp3) is 0.778. The highest BCUT2D eigenvalue weighted by atomic mass is 79.9. The number of rotatable bonds is 3. The van der Waals surface area contributed by atoms with Crippen LogP contribution in [0, 0.1) is 5.92 Å². The molecule has 0 N–H and O–H groups in total. The highest BCUT2D eigenvalue weighted by molar-refractivity contribution is 9.12. The van der Waals surface area contributed by atoms with E-state index in [1.807, 2.05) is 6.92 Å². The van der Waals surface area contributed by atoms with Crippen molar-refractivity contribution >= 4 is 51.1 Å². The molecular formula is C9H14Br2ClO3P. The number of hydrogen-bond acceptors (Lipinski definition) is 3. The number of alkyl halides is 2. The minimum absolute atomic E-state index is 0.0772. The third kappa shape index (κ3) is 2.76. The van der Waals surface area contributed by atoms with Crippen LogP contribution in [-0.2, 0) is 13.6 Å². The number of halogens is 3. The van der Waals surface area contributed by atoms with Crippen molar-refractivity contribution in [2.24, 2.45) is 5.92 Å². The van der Waals surface area contributed by atoms with Crippen molar-refractivity contribution in [3.05, 3.63) is 10.3 Å². The largest absolute Gasteiger partial charge is 0.358 e. The average molecular weight is 396 g/mol. The van der Waals surface area contributed by atoms with Gasteiger partial charge in [-0.25, -0.2) is 0 Å². The third-order valence-corrected chi connectivity index (χ3v) is 8.48. The summed E-state index contributed by atoms with van der Waals surface area (Å²) in [5.41, 5.74) is 0. The van der Waals surface area contributed by atoms with Gasteiger partial charge in [0.25, 0.3) is 0 Å². The summed E-state index contributed by atoms with van der Waals surface area (Å²) in [6, 6.07) is 0. The molecule has 0 radical (unpaired) electrons. The molecule has 0 aromatic heterocycles. The maximum atomic E-state index is 12.3. The second-order valence-electron chi connectivity index (χ2n) is 3.61. The molecule has 16 heavy (non-hydrogen) atoms. The lowest BCUT2D eigenvalue weighted by Crippen LogP contribution is -2.28. The van der Waals surface area contributed by atoms with Gasteiger partial charge in [-0.3, -0.25) is 4.57 Å². The normalized spacial score (nSPS) is 32.0. The topological polar surface area (TPSA) is 35.5 Å². The van der Waals surface area contributed by atoms with Gasteiger partial charge >= 0.3 is 7.60 Å². The van der Waals surface area contributed by atoms with Crippen LogP contribution in [-0.4, -0.2) is 23.9 Å². The maximum absolute atomic E-state index is 12.3. The zero-order chi connectivity index (χ0) is 12.5. The van der Waals surface area contributed by atoms with Gasteiger partial charge in [-0.15, -0.1) is 0 Å². The Bertz CT molecular complexity index is 340. The van der Waals surface area contributed by atoms with Crippen LogP contribution >= 0.6 is 51.1 Å². The van der Waals surface area contributed by atoms with Crippen molar-refractivity contribution in [2.75, 3.05) is 14.2 Å². The van der Waals surface area contributed by atoms with Gasteiger partial charge in [0.1, 0.15) is 0 Å². The Labute approximate surface area is 118 Å². The molecule has 0 bridgehead atoms. The van der Waals surface area contributed by atoms with Gasteiger partial charge in [-0.1, -0.05) is 50.4 Å². The average Bonchev–Trinajstić information content (AvgIpc) is 2.30. The summed E-state index contributed by atoms with van der Waals surface area (Å²) in [6.07, 6.45) is 0.554. The molecule has 0 aromatic rings. The first-order valence-corrected chi connectivity index (χ1v) is 8.51. The molecule has 0 amide bonds. The molecule has 94 valence electrons. The second kappa shape index (κ2) is 5.85. The van der Waals surface area contributed by atoms with Crippen molar-refractivity contribution in [1.29, 1.82) is 0 Å². The Morgan fingerprint density at radius 2 is 1.88 bits per heavy atom. The molecule has 1 rings (SSSR count). The quantitative estimate of drug-likeness (QED) is 0.521. The minimum Gasteiger partial charge on any atom is -0.309 e. The Kier molecular flexibility index (Phi) is 5.56. The second-order valence-corrected chi connectivity index (χ2v) is 8.52. The van der Waals surface area contributed by atoms with E-state index >= 15 is 0 Å². The summed E-state index contributed by atoms with van der Waals surface area (Å²) in [5.74, 6) is 0.0772. The van der Waals surface area contributed by atoms with Crippen LogP contribution in [0.4, 0.5) is 0 Å². The molecule has 0 spiro atoms. The van der Waals surface area contributed by atoms with Gasteiger partial charge in [-0.05, 0) is 6.42 Å². The molecule has 0 aliphatic heterocycles. The summed E-state index contributed by atoms with van der Waals surface area (Å²) < 4.78 is 22.3. The maximum Gasteiger partial charge on any atom is 0.358 e. The first-order chi connectivity index (χ1) is 7.37. The van der Waals surface area contributed by atoms with E-state index < -0.39 is 7.60 Å². The van der Waals surface area contributed by atoms with E-state index in [-0.39, 0.29) is 15.6 Å². The standard InChI is InChI=1S/C9H14Br2ClO3P/c1-5-8(11)6(10)4-7(9(5)12)16(13,14-2)15-3/h5-6,8H,4H2,1-3H3. The molecular weight excluding hydrogens is 382 g/mol. The number of allylic oxidation sites excluding steroid dienone is 2. The van der Waals surface area contributed by atoms with E-state index in [0.717, 1.165) is 0 Å². The Hall–Kier alpha value is 1.14. The molecule has 1 aliphatic rings. The molecule has 3 unspecified atom stereocenters. The van der Waals surface area contributed by atoms with Crippen molar-refractivity contribution in [3.63, 3.8) is 0 Å². The lowest BCUT2D eigenvalue weighted by Gasteiger charge is -2.32. The van der Waals surface area contributed by atoms with Crippen LogP contribution in [0.2, 0.25) is 0 Å². The molecule has 3 nitrogen and oxygen atoms in total. The van der Waals surface area contributed by atoms with Crippen LogP contribution in [0.5, 0.6) is 0 Å². The van der Waals surface area contributed by atoms with Crippen LogP contribution < -0.4 is 0 Å². The zero-order valence-electron chi connectivity index (χ0n) is 9.25. The fourth-order valence-corrected chi connectivity index (χ4v) is 5.28. The van der Waals surface area contributed by atoms with Gasteiger partial charge in [0.15, 0.2) is 0 Å². The third-order valence-electron chi connectivity index (χ3n) is 2.70. The van der Waals surface area contributed by atoms with Gasteiger partial charge in [0.2, 0.25) is 0 Å². The van der Waals surface area contributed by atoms with E-state index in [9.17, 15) is 4.57 Å². The van der Waals surface area contributed by atoms with Gasteiger partial charge in [-0.2, -0.15) is 0 Å². The molecule has 7 heteroatoms. The highest BCUT2D eigenvalue weighted by Crippen LogP contribution is 2.61. The summed E-state index contributed by atoms with van der Waals surface area (Å²) >= 11 is 13.3. The lowest BCUT2D eigenvalue weighted by atomic mass is 9.97. The lowest BCUT2D eigenvalue weighted by molar-refractivity contribution is 0.280. The molecule has 3 atom stereocenters. The van der Waals surface area contributed by atoms with Crippen LogP contribution in [0.25, 0.3) is 0 Å². The Balaban J connectivity index is 3.17. The molecule has 0 saturated carbocycles. The molecule has 1 aliphatic carbocycles. The van der Waals surface area contributed by atoms with Gasteiger partial charge in [0, 0.05) is 34.8 Å². The fourth-order valence-electron chi connectivity index (χ4n) is 1.65. The first-order valence-electron chi connectivity index (χ1n) is 4.76. The van der Waals surface area contributed by atoms with Crippen molar-refractivity contribution in [1.82, 2.24) is 0 Å². The van der Waals surface area contributed by atoms with Crippen LogP contribution in [0.15, 0.2) is 10.3 Å². The Morgan fingerprint density at radius 1 is 1.38 bits per heavy atom. The zero-order valence-corrected chi connectivity index (χ0v) is 14.1. The predicted octanol–water partition coefficient (Wildman–Crippen LogP) is 4.49. The van der Waals surface area contributed by atoms with E-state index in [1.54, 1.807) is 0 Å². The molecule has 0 fully saturated rings. The predicted molar refractivity (Wildman–Crippen MR) is 73.7 cm³/mol. The summed E-state index contributed by atoms with van der Waals surface area (Å²) in [4.78, 5) is 0.379. The van der Waals surface area contributed by atoms with E-state index in [1.165, 1.54) is 14.2 Å². The summed E-state index contributed by atoms with van der Waals surface area (Å²) in [5, 5.41) is 1.15. The minimum atomic E-state index is -3.22. The van der Waals surface area contributed by atoms with Crippen LogP contribution in [0.1, 0.15) is 13.3 Å². The highest BCUT2D eigenvalue weighted by Gasteiger charge is 2.40. The smallest absolute Gasteiger partial charge is 0.309 e. The summed E-state index contributed by atoms with van der Waals surface area (Å²) in [7, 11) is -0.476. The molecule has 0 heterocycles. The first kappa shape index (κ1) is 15.2. The Morgan fingerprint density at radius 3 is 2.31 bits per heavy atom. The van der Waals surface area contributed by atoms with Crippen LogP contribution in [0.3, 0.4) is 0 Å². The molecule has 0 aromatic carbocycles. The SMILES string of the molecule is COP(=O)(OC)C1=C(Cl)C(C)C(Br)C(Br)C1. The van der Waals surface area contributed by atoms with Crippen molar-refractivity contribution in [3.8, 4) is 0 Å². The van der Waals surface area contributed by atoms with E-state index in [4.69, 9.17) is 20.6 Å². The van der Waals surface area contributed by atoms with E-state index in [0.29, 0.717) is 16.8 Å². The van der Waals surface area contributed by atoms with Crippen molar-refractivity contribution < 1.29 is 13.6 Å². The van der Waals surface area contributed by atoms with E-state index in [2.05, 4.69) is 31.9 Å². The van der Waals surface area contributed by atoms with Gasteiger partial charge in [0.05, 0.1) is 5.31 Å². The number of hydrogen-bond donors (Lipinski definition) is 0. The monoisotopic (exact) mass is 394 g/mol. The summed E-state index contributed by atoms with van der Waals surface area (Å²) in [6.45, 7) is 1.98.